The van der Waals surface area contributed by atoms with E-state index in [9.17, 15) is 4.79 Å². The second-order valence-electron chi connectivity index (χ2n) is 9.94. The number of amides is 1. The molecule has 1 aromatic carbocycles. The average molecular weight is 493 g/mol. The zero-order valence-corrected chi connectivity index (χ0v) is 20.7. The number of fused-ring (bicyclic) bond motifs is 4. The number of aromatic nitrogens is 5. The van der Waals surface area contributed by atoms with Gasteiger partial charge in [0.1, 0.15) is 11.3 Å². The monoisotopic (exact) mass is 492 g/mol. The third-order valence-electron chi connectivity index (χ3n) is 7.42. The number of anilines is 1. The lowest BCUT2D eigenvalue weighted by Crippen LogP contribution is -2.47. The first-order valence-corrected chi connectivity index (χ1v) is 12.5. The molecule has 2 aliphatic rings. The Morgan fingerprint density at radius 3 is 2.74 bits per heavy atom. The van der Waals surface area contributed by atoms with Crippen molar-refractivity contribution in [2.75, 3.05) is 19.0 Å². The van der Waals surface area contributed by atoms with E-state index in [0.29, 0.717) is 30.1 Å². The Balaban J connectivity index is 1.31. The maximum absolute atomic E-state index is 11.9. The summed E-state index contributed by atoms with van der Waals surface area (Å²) in [6.45, 7) is 0.502. The van der Waals surface area contributed by atoms with Gasteiger partial charge in [-0.3, -0.25) is 9.48 Å². The van der Waals surface area contributed by atoms with Crippen molar-refractivity contribution >= 4 is 45.4 Å². The topological polar surface area (TPSA) is 109 Å². The number of rotatable bonds is 5. The molecule has 9 nitrogen and oxygen atoms in total. The minimum atomic E-state index is 0.0634. The molecule has 1 unspecified atom stereocenters. The fourth-order valence-electron chi connectivity index (χ4n) is 5.67. The second-order valence-corrected chi connectivity index (χ2v) is 10.3. The van der Waals surface area contributed by atoms with Crippen LogP contribution in [0.15, 0.2) is 30.7 Å². The zero-order valence-electron chi connectivity index (χ0n) is 19.9. The Labute approximate surface area is 208 Å². The molecule has 0 aliphatic carbocycles. The molecule has 10 heteroatoms. The number of carbonyl (C=O) groups excluding carboxylic acids is 1. The van der Waals surface area contributed by atoms with E-state index < -0.39 is 0 Å². The molecule has 35 heavy (non-hydrogen) atoms. The molecule has 2 saturated heterocycles. The van der Waals surface area contributed by atoms with Gasteiger partial charge in [0, 0.05) is 74.1 Å². The number of piperidine rings is 1. The SMILES string of the molecule is CN(C)C(=O)CCn1cc2c(Cl)c(-c3c[nH]c4nc(N5[C@@H]6CC[C@H]5CC(N)C6)cnc34)ccc2n1. The molecule has 2 bridgehead atoms. The maximum Gasteiger partial charge on any atom is 0.223 e. The number of aromatic amines is 1. The van der Waals surface area contributed by atoms with Crippen LogP contribution < -0.4 is 10.6 Å². The second kappa shape index (κ2) is 8.49. The van der Waals surface area contributed by atoms with Crippen molar-refractivity contribution in [2.45, 2.75) is 56.8 Å². The van der Waals surface area contributed by atoms with Gasteiger partial charge < -0.3 is 20.5 Å². The third-order valence-corrected chi connectivity index (χ3v) is 7.82. The van der Waals surface area contributed by atoms with Gasteiger partial charge in [0.05, 0.1) is 16.7 Å². The summed E-state index contributed by atoms with van der Waals surface area (Å²) in [5.74, 6) is 0.980. The van der Waals surface area contributed by atoms with E-state index in [2.05, 4.69) is 15.0 Å². The van der Waals surface area contributed by atoms with Gasteiger partial charge in [-0.25, -0.2) is 9.97 Å². The molecule has 3 N–H and O–H groups in total. The maximum atomic E-state index is 11.9. The molecule has 3 aromatic heterocycles. The summed E-state index contributed by atoms with van der Waals surface area (Å²) in [7, 11) is 3.51. The van der Waals surface area contributed by atoms with Crippen LogP contribution in [0, 0.1) is 0 Å². The summed E-state index contributed by atoms with van der Waals surface area (Å²) in [6.07, 6.45) is 10.4. The van der Waals surface area contributed by atoms with Gasteiger partial charge in [-0.2, -0.15) is 5.10 Å². The summed E-state index contributed by atoms with van der Waals surface area (Å²) in [5, 5.41) is 6.05. The van der Waals surface area contributed by atoms with Crippen molar-refractivity contribution in [3.63, 3.8) is 0 Å². The molecular weight excluding hydrogens is 464 g/mol. The molecule has 3 atom stereocenters. The molecular formula is C25H29ClN8O. The van der Waals surface area contributed by atoms with Crippen LogP contribution in [0.25, 0.3) is 33.2 Å². The number of halogens is 1. The lowest BCUT2D eigenvalue weighted by atomic mass is 9.98. The van der Waals surface area contributed by atoms with E-state index in [1.54, 1.807) is 23.7 Å². The Kier molecular flexibility index (Phi) is 5.41. The summed E-state index contributed by atoms with van der Waals surface area (Å²) in [5.41, 5.74) is 10.4. The van der Waals surface area contributed by atoms with Crippen LogP contribution in [0.1, 0.15) is 32.1 Å². The Morgan fingerprint density at radius 2 is 2.00 bits per heavy atom. The molecule has 2 aliphatic heterocycles. The van der Waals surface area contributed by atoms with Gasteiger partial charge in [0.25, 0.3) is 0 Å². The van der Waals surface area contributed by atoms with Gasteiger partial charge in [-0.1, -0.05) is 17.7 Å². The molecule has 182 valence electrons. The highest BCUT2D eigenvalue weighted by molar-refractivity contribution is 6.38. The van der Waals surface area contributed by atoms with Crippen LogP contribution in [-0.4, -0.2) is 67.8 Å². The third kappa shape index (κ3) is 3.83. The highest BCUT2D eigenvalue weighted by atomic mass is 35.5. The number of H-pyrrole nitrogens is 1. The first-order chi connectivity index (χ1) is 16.9. The van der Waals surface area contributed by atoms with Gasteiger partial charge in [-0.15, -0.1) is 0 Å². The fraction of sp³-hybridized carbons (Fsp3) is 0.440. The molecule has 5 heterocycles. The minimum absolute atomic E-state index is 0.0634. The Morgan fingerprint density at radius 1 is 1.23 bits per heavy atom. The fourth-order valence-corrected chi connectivity index (χ4v) is 5.99. The van der Waals surface area contributed by atoms with Crippen LogP contribution in [-0.2, 0) is 11.3 Å². The van der Waals surface area contributed by atoms with Crippen molar-refractivity contribution in [3.05, 3.63) is 35.7 Å². The lowest BCUT2D eigenvalue weighted by molar-refractivity contribution is -0.128. The summed E-state index contributed by atoms with van der Waals surface area (Å²) < 4.78 is 1.78. The number of nitrogens with one attached hydrogen (secondary N) is 1. The standard InChI is InChI=1S/C25H29ClN8O/c1-32(2)22(35)7-8-33-13-19-20(31-33)6-5-17(23(19)26)18-11-29-25-24(18)28-12-21(30-25)34-15-3-4-16(34)10-14(27)9-15/h5-6,11-16H,3-4,7-10,27H2,1-2H3,(H,29,30)/t14?,15-,16+. The predicted octanol–water partition coefficient (Wildman–Crippen LogP) is 3.56. The molecule has 6 rings (SSSR count). The van der Waals surface area contributed by atoms with Crippen molar-refractivity contribution in [3.8, 4) is 11.1 Å². The molecule has 0 radical (unpaired) electrons. The first-order valence-electron chi connectivity index (χ1n) is 12.1. The summed E-state index contributed by atoms with van der Waals surface area (Å²) in [6, 6.07) is 5.11. The predicted molar refractivity (Wildman–Crippen MR) is 137 cm³/mol. The highest BCUT2D eigenvalue weighted by Crippen LogP contribution is 2.40. The Bertz CT molecular complexity index is 1410. The molecule has 0 saturated carbocycles. The number of benzene rings is 1. The van der Waals surface area contributed by atoms with Crippen LogP contribution >= 0.6 is 11.6 Å². The summed E-state index contributed by atoms with van der Waals surface area (Å²) in [4.78, 5) is 29.0. The van der Waals surface area contributed by atoms with Crippen molar-refractivity contribution < 1.29 is 4.79 Å². The van der Waals surface area contributed by atoms with Crippen LogP contribution in [0.2, 0.25) is 5.02 Å². The van der Waals surface area contributed by atoms with E-state index >= 15 is 0 Å². The van der Waals surface area contributed by atoms with E-state index in [4.69, 9.17) is 27.3 Å². The van der Waals surface area contributed by atoms with Gasteiger partial charge in [-0.05, 0) is 31.7 Å². The normalized spacial score (nSPS) is 21.8. The number of carbonyl (C=O) groups is 1. The molecule has 0 spiro atoms. The number of nitrogens with zero attached hydrogens (tertiary/aromatic N) is 6. The quantitative estimate of drug-likeness (QED) is 0.441. The van der Waals surface area contributed by atoms with Gasteiger partial charge >= 0.3 is 0 Å². The zero-order chi connectivity index (χ0) is 24.3. The van der Waals surface area contributed by atoms with Gasteiger partial charge in [0.15, 0.2) is 5.65 Å². The van der Waals surface area contributed by atoms with E-state index in [0.717, 1.165) is 51.9 Å². The van der Waals surface area contributed by atoms with Crippen molar-refractivity contribution in [1.29, 1.82) is 0 Å². The average Bonchev–Trinajstić information content (AvgIpc) is 3.51. The minimum Gasteiger partial charge on any atom is -0.349 e. The smallest absolute Gasteiger partial charge is 0.223 e. The number of hydrogen-bond acceptors (Lipinski definition) is 6. The van der Waals surface area contributed by atoms with E-state index in [-0.39, 0.29) is 11.9 Å². The molecule has 2 fully saturated rings. The van der Waals surface area contributed by atoms with Crippen molar-refractivity contribution in [2.24, 2.45) is 5.73 Å². The van der Waals surface area contributed by atoms with Gasteiger partial charge in [0.2, 0.25) is 5.91 Å². The highest BCUT2D eigenvalue weighted by Gasteiger charge is 2.40. The van der Waals surface area contributed by atoms with Crippen LogP contribution in [0.4, 0.5) is 5.82 Å². The first kappa shape index (κ1) is 22.3. The number of nitrogens with two attached hydrogens (primary N) is 1. The molecule has 1 amide bonds. The van der Waals surface area contributed by atoms with Crippen LogP contribution in [0.5, 0.6) is 0 Å². The van der Waals surface area contributed by atoms with E-state index in [1.807, 2.05) is 30.7 Å². The lowest BCUT2D eigenvalue weighted by Gasteiger charge is -2.38. The largest absolute Gasteiger partial charge is 0.349 e. The molecule has 4 aromatic rings. The summed E-state index contributed by atoms with van der Waals surface area (Å²) >= 11 is 6.86. The van der Waals surface area contributed by atoms with Crippen LogP contribution in [0.3, 0.4) is 0 Å². The number of aryl methyl sites for hydroxylation is 1. The van der Waals surface area contributed by atoms with E-state index in [1.165, 1.54) is 12.8 Å². The number of hydrogen-bond donors (Lipinski definition) is 2. The van der Waals surface area contributed by atoms with Crippen molar-refractivity contribution in [1.82, 2.24) is 29.6 Å². The Hall–Kier alpha value is -3.17.